The number of ether oxygens (including phenoxy) is 1. The number of piperazine rings is 1. The number of hydrogen-bond donors (Lipinski definition) is 1. The Morgan fingerprint density at radius 1 is 1.40 bits per heavy atom. The maximum Gasteiger partial charge on any atom is 0.305 e. The minimum atomic E-state index is -0.0670. The van der Waals surface area contributed by atoms with Crippen LogP contribution in [-0.2, 0) is 9.53 Å². The number of carbonyl (C=O) groups is 1. The highest BCUT2D eigenvalue weighted by atomic mass is 35.5. The van der Waals surface area contributed by atoms with Crippen molar-refractivity contribution in [3.05, 3.63) is 0 Å². The van der Waals surface area contributed by atoms with Crippen LogP contribution in [-0.4, -0.2) is 50.2 Å². The first-order chi connectivity index (χ1) is 6.83. The van der Waals surface area contributed by atoms with Crippen molar-refractivity contribution in [2.45, 2.75) is 19.8 Å². The Morgan fingerprint density at radius 3 is 2.67 bits per heavy atom. The molecule has 0 aliphatic carbocycles. The molecule has 0 unspecified atom stereocenters. The van der Waals surface area contributed by atoms with Crippen molar-refractivity contribution < 1.29 is 9.53 Å². The van der Waals surface area contributed by atoms with Gasteiger partial charge in [0.25, 0.3) is 0 Å². The summed E-state index contributed by atoms with van der Waals surface area (Å²) in [6.45, 7) is 7.69. The molecule has 0 aromatic rings. The van der Waals surface area contributed by atoms with E-state index in [2.05, 4.69) is 10.2 Å². The first-order valence-corrected chi connectivity index (χ1v) is 5.41. The maximum atomic E-state index is 11.0. The van der Waals surface area contributed by atoms with Gasteiger partial charge in [-0.3, -0.25) is 4.79 Å². The number of nitrogens with zero attached hydrogens (tertiary/aromatic N) is 1. The van der Waals surface area contributed by atoms with Crippen LogP contribution in [0, 0.1) is 0 Å². The van der Waals surface area contributed by atoms with Crippen LogP contribution >= 0.6 is 12.4 Å². The van der Waals surface area contributed by atoms with Gasteiger partial charge in [-0.1, -0.05) is 0 Å². The summed E-state index contributed by atoms with van der Waals surface area (Å²) in [5, 5.41) is 3.30. The van der Waals surface area contributed by atoms with Gasteiger partial charge in [-0.05, 0) is 19.9 Å². The van der Waals surface area contributed by atoms with Gasteiger partial charge in [-0.25, -0.2) is 0 Å². The largest absolute Gasteiger partial charge is 0.466 e. The third-order valence-electron chi connectivity index (χ3n) is 2.37. The SMILES string of the molecule is CCOC(=O)CCCN1CCNCC1.Cl. The number of carbonyl (C=O) groups excluding carboxylic acids is 1. The highest BCUT2D eigenvalue weighted by molar-refractivity contribution is 5.85. The Bertz CT molecular complexity index is 173. The summed E-state index contributed by atoms with van der Waals surface area (Å²) in [4.78, 5) is 13.4. The van der Waals surface area contributed by atoms with Gasteiger partial charge in [0.1, 0.15) is 0 Å². The van der Waals surface area contributed by atoms with Crippen LogP contribution in [0.3, 0.4) is 0 Å². The van der Waals surface area contributed by atoms with E-state index in [1.807, 2.05) is 6.92 Å². The number of halogens is 1. The monoisotopic (exact) mass is 236 g/mol. The van der Waals surface area contributed by atoms with Crippen LogP contribution in [0.2, 0.25) is 0 Å². The Morgan fingerprint density at radius 2 is 2.07 bits per heavy atom. The molecule has 0 radical (unpaired) electrons. The Labute approximate surface area is 97.8 Å². The molecular formula is C10H21ClN2O2. The summed E-state index contributed by atoms with van der Waals surface area (Å²) >= 11 is 0. The average Bonchev–Trinajstić information content (AvgIpc) is 2.20. The molecule has 5 heteroatoms. The molecule has 0 saturated carbocycles. The summed E-state index contributed by atoms with van der Waals surface area (Å²) in [7, 11) is 0. The summed E-state index contributed by atoms with van der Waals surface area (Å²) in [5.41, 5.74) is 0. The molecule has 0 bridgehead atoms. The Hall–Kier alpha value is -0.320. The summed E-state index contributed by atoms with van der Waals surface area (Å²) in [5.74, 6) is -0.0670. The molecule has 0 aromatic carbocycles. The minimum absolute atomic E-state index is 0. The van der Waals surface area contributed by atoms with Crippen LogP contribution in [0.1, 0.15) is 19.8 Å². The molecule has 1 saturated heterocycles. The molecular weight excluding hydrogens is 216 g/mol. The predicted molar refractivity (Wildman–Crippen MR) is 62.4 cm³/mol. The van der Waals surface area contributed by atoms with Crippen LogP contribution in [0.15, 0.2) is 0 Å². The molecule has 0 aromatic heterocycles. The molecule has 0 atom stereocenters. The van der Waals surface area contributed by atoms with E-state index in [-0.39, 0.29) is 18.4 Å². The van der Waals surface area contributed by atoms with Crippen molar-refractivity contribution in [1.82, 2.24) is 10.2 Å². The molecule has 1 aliphatic heterocycles. The highest BCUT2D eigenvalue weighted by Crippen LogP contribution is 1.98. The third kappa shape index (κ3) is 6.71. The lowest BCUT2D eigenvalue weighted by atomic mass is 10.2. The number of nitrogens with one attached hydrogen (secondary N) is 1. The van der Waals surface area contributed by atoms with Crippen molar-refractivity contribution in [1.29, 1.82) is 0 Å². The van der Waals surface area contributed by atoms with Gasteiger partial charge in [0.15, 0.2) is 0 Å². The standard InChI is InChI=1S/C10H20N2O2.ClH/c1-2-14-10(13)4-3-7-12-8-5-11-6-9-12;/h11H,2-9H2,1H3;1H. The van der Waals surface area contributed by atoms with E-state index in [4.69, 9.17) is 4.74 Å². The molecule has 4 nitrogen and oxygen atoms in total. The fourth-order valence-corrected chi connectivity index (χ4v) is 1.61. The molecule has 1 rings (SSSR count). The van der Waals surface area contributed by atoms with Gasteiger partial charge < -0.3 is 15.0 Å². The minimum Gasteiger partial charge on any atom is -0.466 e. The average molecular weight is 237 g/mol. The van der Waals surface area contributed by atoms with E-state index in [0.29, 0.717) is 13.0 Å². The van der Waals surface area contributed by atoms with Crippen molar-refractivity contribution in [2.24, 2.45) is 0 Å². The molecule has 0 spiro atoms. The zero-order valence-corrected chi connectivity index (χ0v) is 10.1. The van der Waals surface area contributed by atoms with Crippen LogP contribution in [0.5, 0.6) is 0 Å². The summed E-state index contributed by atoms with van der Waals surface area (Å²) in [6.07, 6.45) is 1.47. The maximum absolute atomic E-state index is 11.0. The van der Waals surface area contributed by atoms with Crippen molar-refractivity contribution in [2.75, 3.05) is 39.3 Å². The fourth-order valence-electron chi connectivity index (χ4n) is 1.61. The molecule has 1 fully saturated rings. The molecule has 1 heterocycles. The highest BCUT2D eigenvalue weighted by Gasteiger charge is 2.09. The molecule has 0 amide bonds. The zero-order valence-electron chi connectivity index (χ0n) is 9.33. The number of hydrogen-bond acceptors (Lipinski definition) is 4. The Balaban J connectivity index is 0.00000196. The second kappa shape index (κ2) is 8.95. The van der Waals surface area contributed by atoms with Crippen LogP contribution in [0.25, 0.3) is 0 Å². The lowest BCUT2D eigenvalue weighted by Gasteiger charge is -2.26. The molecule has 90 valence electrons. The van der Waals surface area contributed by atoms with Gasteiger partial charge in [0.2, 0.25) is 0 Å². The van der Waals surface area contributed by atoms with Gasteiger partial charge in [0.05, 0.1) is 6.61 Å². The van der Waals surface area contributed by atoms with E-state index in [0.717, 1.165) is 39.1 Å². The van der Waals surface area contributed by atoms with Gasteiger partial charge in [0, 0.05) is 32.6 Å². The summed E-state index contributed by atoms with van der Waals surface area (Å²) < 4.78 is 4.86. The van der Waals surface area contributed by atoms with Gasteiger partial charge in [-0.2, -0.15) is 0 Å². The topological polar surface area (TPSA) is 41.6 Å². The fraction of sp³-hybridized carbons (Fsp3) is 0.900. The predicted octanol–water partition coefficient (Wildman–Crippen LogP) is 0.657. The van der Waals surface area contributed by atoms with Gasteiger partial charge in [-0.15, -0.1) is 12.4 Å². The second-order valence-corrected chi connectivity index (χ2v) is 3.50. The number of esters is 1. The lowest BCUT2D eigenvalue weighted by molar-refractivity contribution is -0.143. The molecule has 1 aliphatic rings. The van der Waals surface area contributed by atoms with E-state index in [1.165, 1.54) is 0 Å². The number of rotatable bonds is 5. The van der Waals surface area contributed by atoms with Crippen molar-refractivity contribution in [3.8, 4) is 0 Å². The third-order valence-corrected chi connectivity index (χ3v) is 2.37. The van der Waals surface area contributed by atoms with E-state index < -0.39 is 0 Å². The van der Waals surface area contributed by atoms with Gasteiger partial charge >= 0.3 is 5.97 Å². The second-order valence-electron chi connectivity index (χ2n) is 3.50. The van der Waals surface area contributed by atoms with E-state index >= 15 is 0 Å². The van der Waals surface area contributed by atoms with Crippen LogP contribution < -0.4 is 5.32 Å². The zero-order chi connectivity index (χ0) is 10.2. The first-order valence-electron chi connectivity index (χ1n) is 5.41. The normalized spacial score (nSPS) is 16.9. The van der Waals surface area contributed by atoms with Crippen molar-refractivity contribution >= 4 is 18.4 Å². The smallest absolute Gasteiger partial charge is 0.305 e. The van der Waals surface area contributed by atoms with E-state index in [9.17, 15) is 4.79 Å². The summed E-state index contributed by atoms with van der Waals surface area (Å²) in [6, 6.07) is 0. The molecule has 15 heavy (non-hydrogen) atoms. The molecule has 1 N–H and O–H groups in total. The van der Waals surface area contributed by atoms with Crippen molar-refractivity contribution in [3.63, 3.8) is 0 Å². The van der Waals surface area contributed by atoms with E-state index in [1.54, 1.807) is 0 Å². The quantitative estimate of drug-likeness (QED) is 0.712. The Kier molecular flexibility index (Phi) is 8.76. The van der Waals surface area contributed by atoms with Crippen LogP contribution in [0.4, 0.5) is 0 Å². The first kappa shape index (κ1) is 14.7. The lowest BCUT2D eigenvalue weighted by Crippen LogP contribution is -2.43.